The molecule has 0 aromatic carbocycles. The molecule has 0 aromatic rings. The highest BCUT2D eigenvalue weighted by atomic mass is 16.5. The minimum absolute atomic E-state index is 0.0602. The van der Waals surface area contributed by atoms with E-state index in [9.17, 15) is 81.5 Å². The van der Waals surface area contributed by atoms with Crippen LogP contribution in [0.3, 0.4) is 0 Å². The first-order valence-corrected chi connectivity index (χ1v) is 44.4. The molecule has 0 saturated carbocycles. The molecule has 686 valence electrons. The molecule has 0 atom stereocenters. The van der Waals surface area contributed by atoms with Crippen molar-refractivity contribution in [1.82, 2.24) is 10.6 Å². The number of carbonyl (C=O) groups is 17. The standard InChI is InChI=1S/C15H28O2.C12H22O2.2C11H20O2.C10H21NO.C10H16O3.C10H20O2.C10H18O2.C8H15NO2/c1-12(2)14(16)10-8-6-5-7-9-11-15(17)13(3)4;1-9(2)11(13)7-5-6-8-12(14)10(3)4;2*1-8(2)10(12)6-5-7-11(13)9(3)4;1-8(2)9(12)6-7-11-10(3,4)5;1-6(2)8(11)5-9(12)10(13)7(3)4;1-8(2)9(11)6-7-12-10(3,4)5;1-7(2)9(11)5-6-10(12)8(3)4;1-5(2)7(10)9-8(11)6(3)4/h12-13H,5-11H2,1-4H3;9-10H,5-8H2,1-4H3;2*8-9H,5-7H2,1-4H3;8,11H,6-7H2,1-5H3;6-7H,5H2,1-4H3;8H,6-7H2,1-5H3;7-8H,5-6H2,1-4H3;5-6H,1-4H3,(H,9,10,11). The molecule has 20 heteroatoms. The fraction of sp³-hybridized carbons (Fsp3) is 0.825. The van der Waals surface area contributed by atoms with Crippen LogP contribution in [0.5, 0.6) is 0 Å². The molecule has 0 unspecified atom stereocenters. The molecule has 0 rings (SSSR count). The van der Waals surface area contributed by atoms with Crippen molar-refractivity contribution in [2.24, 2.45) is 94.7 Å². The van der Waals surface area contributed by atoms with Gasteiger partial charge < -0.3 is 10.1 Å². The minimum atomic E-state index is -0.561. The third-order valence-electron chi connectivity index (χ3n) is 18.0. The Labute approximate surface area is 715 Å². The lowest BCUT2D eigenvalue weighted by Crippen LogP contribution is -2.37. The van der Waals surface area contributed by atoms with Crippen LogP contribution in [-0.4, -0.2) is 123 Å². The smallest absolute Gasteiger partial charge is 0.229 e. The Morgan fingerprint density at radius 2 is 0.419 bits per heavy atom. The maximum Gasteiger partial charge on any atom is 0.229 e. The van der Waals surface area contributed by atoms with Crippen LogP contribution in [0.15, 0.2) is 0 Å². The lowest BCUT2D eigenvalue weighted by atomic mass is 9.98. The SMILES string of the molecule is CC(C)C(=O)CC(=O)C(=O)C(C)C.CC(C)C(=O)CCC(=O)C(C)C.CC(C)C(=O)CCCC(=O)C(C)C.CC(C)C(=O)CCCC(=O)C(C)C.CC(C)C(=O)CCCCC(=O)C(C)C.CC(C)C(=O)CCCCCCCC(=O)C(C)C.CC(C)C(=O)CCNC(C)(C)C.CC(C)C(=O)CCOC(C)(C)C.CC(C)C(=O)NC(=O)C(C)C. The van der Waals surface area contributed by atoms with Crippen molar-refractivity contribution in [1.29, 1.82) is 0 Å². The van der Waals surface area contributed by atoms with Gasteiger partial charge in [-0.1, -0.05) is 241 Å². The van der Waals surface area contributed by atoms with Gasteiger partial charge in [0.15, 0.2) is 0 Å². The maximum absolute atomic E-state index is 11.4. The number of ketones is 15. The minimum Gasteiger partial charge on any atom is -0.375 e. The van der Waals surface area contributed by atoms with E-state index in [0.29, 0.717) is 113 Å². The summed E-state index contributed by atoms with van der Waals surface area (Å²) in [6, 6.07) is 0. The Morgan fingerprint density at radius 1 is 0.222 bits per heavy atom. The van der Waals surface area contributed by atoms with Gasteiger partial charge in [0.1, 0.15) is 75.2 Å². The monoisotopic (exact) mass is 1660 g/mol. The van der Waals surface area contributed by atoms with E-state index in [4.69, 9.17) is 4.74 Å². The molecule has 0 aliphatic heterocycles. The van der Waals surface area contributed by atoms with E-state index in [1.54, 1.807) is 55.4 Å². The van der Waals surface area contributed by atoms with Crippen LogP contribution in [0.2, 0.25) is 0 Å². The quantitative estimate of drug-likeness (QED) is 0.0325. The predicted octanol–water partition coefficient (Wildman–Crippen LogP) is 21.3. The summed E-state index contributed by atoms with van der Waals surface area (Å²) < 4.78 is 5.43. The van der Waals surface area contributed by atoms with Gasteiger partial charge >= 0.3 is 0 Å². The molecule has 0 saturated heterocycles. The van der Waals surface area contributed by atoms with Crippen LogP contribution >= 0.6 is 0 Å². The van der Waals surface area contributed by atoms with E-state index in [0.717, 1.165) is 64.3 Å². The summed E-state index contributed by atoms with van der Waals surface area (Å²) in [6.45, 7) is 73.2. The highest BCUT2D eigenvalue weighted by Crippen LogP contribution is 2.16. The Kier molecular flexibility index (Phi) is 82.9. The average molecular weight is 1660 g/mol. The van der Waals surface area contributed by atoms with Crippen LogP contribution in [0, 0.1) is 94.7 Å². The van der Waals surface area contributed by atoms with Crippen molar-refractivity contribution in [2.45, 2.75) is 416 Å². The lowest BCUT2D eigenvalue weighted by molar-refractivity contribution is -0.140. The van der Waals surface area contributed by atoms with Crippen molar-refractivity contribution >= 4 is 98.6 Å². The number of Topliss-reactive ketones (excluding diaryl/α,β-unsaturated/α-hetero) is 15. The molecule has 0 heterocycles. The first-order chi connectivity index (χ1) is 53.2. The van der Waals surface area contributed by atoms with Crippen molar-refractivity contribution in [2.75, 3.05) is 13.2 Å². The Hall–Kier alpha value is -5.89. The van der Waals surface area contributed by atoms with Crippen LogP contribution in [-0.2, 0) is 86.2 Å². The van der Waals surface area contributed by atoms with Crippen molar-refractivity contribution in [3.05, 3.63) is 0 Å². The fourth-order valence-electron chi connectivity index (χ4n) is 8.51. The Bertz CT molecular complexity index is 2620. The van der Waals surface area contributed by atoms with E-state index in [1.165, 1.54) is 0 Å². The van der Waals surface area contributed by atoms with Gasteiger partial charge in [-0.15, -0.1) is 0 Å². The molecule has 20 nitrogen and oxygen atoms in total. The van der Waals surface area contributed by atoms with E-state index in [-0.39, 0.29) is 170 Å². The molecule has 0 bridgehead atoms. The van der Waals surface area contributed by atoms with Gasteiger partial charge in [-0.2, -0.15) is 0 Å². The topological polar surface area (TPSA) is 323 Å². The number of unbranched alkanes of at least 4 members (excludes halogenated alkanes) is 5. The highest BCUT2D eigenvalue weighted by molar-refractivity contribution is 6.40. The average Bonchev–Trinajstić information content (AvgIpc) is 0.666. The number of carbonyl (C=O) groups excluding carboxylic acids is 17. The predicted molar refractivity (Wildman–Crippen MR) is 481 cm³/mol. The van der Waals surface area contributed by atoms with Crippen LogP contribution in [0.1, 0.15) is 404 Å². The number of nitrogens with one attached hydrogen (secondary N) is 2. The van der Waals surface area contributed by atoms with E-state index in [1.807, 2.05) is 187 Å². The van der Waals surface area contributed by atoms with Crippen LogP contribution in [0.25, 0.3) is 0 Å². The van der Waals surface area contributed by atoms with Gasteiger partial charge in [0.05, 0.1) is 18.6 Å². The summed E-state index contributed by atoms with van der Waals surface area (Å²) in [7, 11) is 0. The number of ether oxygens (including phenoxy) is 1. The lowest BCUT2D eigenvalue weighted by Gasteiger charge is -2.20. The van der Waals surface area contributed by atoms with Gasteiger partial charge in [0, 0.05) is 184 Å². The molecule has 0 radical (unpaired) electrons. The van der Waals surface area contributed by atoms with E-state index >= 15 is 0 Å². The zero-order valence-corrected chi connectivity index (χ0v) is 82.1. The Morgan fingerprint density at radius 3 is 0.624 bits per heavy atom. The van der Waals surface area contributed by atoms with Crippen molar-refractivity contribution in [3.63, 3.8) is 0 Å². The third-order valence-corrected chi connectivity index (χ3v) is 18.0. The van der Waals surface area contributed by atoms with Crippen molar-refractivity contribution in [3.8, 4) is 0 Å². The number of rotatable bonds is 49. The molecule has 2 N–H and O–H groups in total. The molecular formula is C97H180N2O18. The van der Waals surface area contributed by atoms with Gasteiger partial charge in [-0.3, -0.25) is 86.8 Å². The number of hydrogen-bond donors (Lipinski definition) is 2. The molecular weight excluding hydrogens is 1480 g/mol. The van der Waals surface area contributed by atoms with Gasteiger partial charge in [0.2, 0.25) is 23.4 Å². The molecule has 0 aliphatic rings. The number of hydrogen-bond acceptors (Lipinski definition) is 19. The van der Waals surface area contributed by atoms with E-state index < -0.39 is 11.6 Å². The maximum atomic E-state index is 11.4. The van der Waals surface area contributed by atoms with Gasteiger partial charge in [0.25, 0.3) is 0 Å². The summed E-state index contributed by atoms with van der Waals surface area (Å²) in [4.78, 5) is 190. The third kappa shape index (κ3) is 92.3. The van der Waals surface area contributed by atoms with Crippen molar-refractivity contribution < 1.29 is 86.2 Å². The largest absolute Gasteiger partial charge is 0.375 e. The zero-order valence-electron chi connectivity index (χ0n) is 82.1. The van der Waals surface area contributed by atoms with Gasteiger partial charge in [-0.25, -0.2) is 0 Å². The van der Waals surface area contributed by atoms with Crippen LogP contribution < -0.4 is 10.6 Å². The first kappa shape index (κ1) is 129. The highest BCUT2D eigenvalue weighted by Gasteiger charge is 2.23. The molecule has 2 amide bonds. The second kappa shape index (κ2) is 75.1. The molecule has 0 aromatic heterocycles. The molecule has 0 aliphatic carbocycles. The molecule has 117 heavy (non-hydrogen) atoms. The summed E-state index contributed by atoms with van der Waals surface area (Å²) in [6.07, 6.45) is 15.2. The summed E-state index contributed by atoms with van der Waals surface area (Å²) in [5.41, 5.74) is -0.00544. The second-order valence-corrected chi connectivity index (χ2v) is 37.7. The normalized spacial score (nSPS) is 11.1. The first-order valence-electron chi connectivity index (χ1n) is 44.4. The fourth-order valence-corrected chi connectivity index (χ4v) is 8.51. The molecule has 0 spiro atoms. The summed E-state index contributed by atoms with van der Waals surface area (Å²) in [5, 5.41) is 5.59. The van der Waals surface area contributed by atoms with Gasteiger partial charge in [-0.05, 0) is 80.1 Å². The van der Waals surface area contributed by atoms with E-state index in [2.05, 4.69) is 31.4 Å². The summed E-state index contributed by atoms with van der Waals surface area (Å²) >= 11 is 0. The second-order valence-electron chi connectivity index (χ2n) is 37.7. The molecule has 0 fully saturated rings. The number of amides is 2. The summed E-state index contributed by atoms with van der Waals surface area (Å²) in [5.74, 6) is 2.54. The zero-order chi connectivity index (χ0) is 94.1. The van der Waals surface area contributed by atoms with Crippen LogP contribution in [0.4, 0.5) is 0 Å². The Balaban J connectivity index is -0.000000161. The number of imide groups is 1.